The zero-order valence-corrected chi connectivity index (χ0v) is 35.7. The molecule has 1 aromatic carbocycles. The van der Waals surface area contributed by atoms with E-state index in [1.807, 2.05) is 0 Å². The number of rotatable bonds is 11. The number of pyridine rings is 2. The minimum atomic E-state index is -4.94. The van der Waals surface area contributed by atoms with Crippen LogP contribution >= 0.6 is 0 Å². The maximum atomic E-state index is 14.9. The predicted molar refractivity (Wildman–Crippen MR) is 215 cm³/mol. The lowest BCUT2D eigenvalue weighted by atomic mass is 9.99. The Morgan fingerprint density at radius 2 is 1.75 bits per heavy atom. The average Bonchev–Trinajstić information content (AvgIpc) is 3.71. The van der Waals surface area contributed by atoms with Crippen molar-refractivity contribution in [3.63, 3.8) is 0 Å². The van der Waals surface area contributed by atoms with Gasteiger partial charge < -0.3 is 44.1 Å². The molecule has 4 aromatic rings. The Kier molecular flexibility index (Phi) is 15.4. The van der Waals surface area contributed by atoms with Crippen molar-refractivity contribution in [1.82, 2.24) is 45.4 Å². The number of benzene rings is 1. The number of aromatic nitrogens is 4. The molecule has 5 amide bonds. The molecule has 4 heterocycles. The smallest absolute Gasteiger partial charge is 0.391 e. The summed E-state index contributed by atoms with van der Waals surface area (Å²) in [6.07, 6.45) is -5.24. The van der Waals surface area contributed by atoms with Gasteiger partial charge in [0.15, 0.2) is 0 Å². The highest BCUT2D eigenvalue weighted by Gasteiger charge is 2.43. The molecule has 0 saturated heterocycles. The summed E-state index contributed by atoms with van der Waals surface area (Å²) in [7, 11) is 6.29. The van der Waals surface area contributed by atoms with Crippen LogP contribution in [0.15, 0.2) is 47.2 Å². The van der Waals surface area contributed by atoms with Crippen LogP contribution in [0.25, 0.3) is 10.9 Å². The monoisotopic (exact) mass is 887 g/mol. The summed E-state index contributed by atoms with van der Waals surface area (Å²) >= 11 is 0. The Morgan fingerprint density at radius 3 is 2.41 bits per heavy atom. The molecule has 2 N–H and O–H groups in total. The second-order valence-electron chi connectivity index (χ2n) is 15.4. The van der Waals surface area contributed by atoms with E-state index in [0.29, 0.717) is 16.3 Å². The molecular formula is C41H49F4N9O9. The first-order valence-electron chi connectivity index (χ1n) is 19.8. The molecule has 4 atom stereocenters. The Labute approximate surface area is 359 Å². The summed E-state index contributed by atoms with van der Waals surface area (Å²) in [5, 5.41) is 8.82. The number of carbonyl (C=O) groups is 5. The van der Waals surface area contributed by atoms with E-state index in [1.165, 1.54) is 46.6 Å². The van der Waals surface area contributed by atoms with Crippen LogP contribution in [0, 0.1) is 11.7 Å². The highest BCUT2D eigenvalue weighted by Crippen LogP contribution is 2.31. The minimum Gasteiger partial charge on any atom is -0.497 e. The molecule has 0 saturated carbocycles. The van der Waals surface area contributed by atoms with Crippen LogP contribution < -0.4 is 24.8 Å². The molecular weight excluding hydrogens is 838 g/mol. The Balaban J connectivity index is 1.65. The van der Waals surface area contributed by atoms with Gasteiger partial charge in [-0.05, 0) is 41.8 Å². The van der Waals surface area contributed by atoms with Crippen molar-refractivity contribution in [3.05, 3.63) is 65.7 Å². The summed E-state index contributed by atoms with van der Waals surface area (Å²) in [5.41, 5.74) is 0.197. The number of ether oxygens (including phenoxy) is 3. The SMILES string of the molecule is COc1ccnc(C[C@@H]2COc3ccc4ncc(F)cc4c3C(=O)N(C)[C@H](C(=O)NCCc3nc(OC)no3)CC(=O)N(C)[C@@H](CC(C)C)C(=O)N(C)[C@H](CC(F)(F)F)C(=O)N2)c1. The molecule has 0 spiro atoms. The maximum Gasteiger partial charge on any atom is 0.391 e. The lowest BCUT2D eigenvalue weighted by Gasteiger charge is -2.36. The van der Waals surface area contributed by atoms with Crippen LogP contribution in [-0.4, -0.2) is 143 Å². The second-order valence-corrected chi connectivity index (χ2v) is 15.4. The van der Waals surface area contributed by atoms with E-state index < -0.39 is 85.1 Å². The molecule has 0 radical (unpaired) electrons. The van der Waals surface area contributed by atoms with Gasteiger partial charge in [0.2, 0.25) is 29.5 Å². The van der Waals surface area contributed by atoms with E-state index in [2.05, 4.69) is 30.7 Å². The number of hydrogen-bond donors (Lipinski definition) is 2. The van der Waals surface area contributed by atoms with E-state index in [1.54, 1.807) is 26.0 Å². The molecule has 18 nitrogen and oxygen atoms in total. The first kappa shape index (κ1) is 47.4. The van der Waals surface area contributed by atoms with Crippen molar-refractivity contribution in [3.8, 4) is 17.5 Å². The third-order valence-electron chi connectivity index (χ3n) is 10.4. The molecule has 340 valence electrons. The molecule has 3 aromatic heterocycles. The minimum absolute atomic E-state index is 0.0161. The third kappa shape index (κ3) is 12.1. The largest absolute Gasteiger partial charge is 0.497 e. The first-order chi connectivity index (χ1) is 29.8. The summed E-state index contributed by atoms with van der Waals surface area (Å²) < 4.78 is 79.2. The Bertz CT molecular complexity index is 2290. The van der Waals surface area contributed by atoms with Gasteiger partial charge in [-0.1, -0.05) is 13.8 Å². The highest BCUT2D eigenvalue weighted by atomic mass is 19.4. The number of nitrogens with one attached hydrogen (secondary N) is 2. The van der Waals surface area contributed by atoms with Crippen LogP contribution in [0.2, 0.25) is 0 Å². The lowest BCUT2D eigenvalue weighted by molar-refractivity contribution is -0.164. The number of alkyl halides is 3. The van der Waals surface area contributed by atoms with Gasteiger partial charge in [0.1, 0.15) is 42.0 Å². The summed E-state index contributed by atoms with van der Waals surface area (Å²) in [5.74, 6) is -5.59. The van der Waals surface area contributed by atoms with Crippen molar-refractivity contribution in [1.29, 1.82) is 0 Å². The van der Waals surface area contributed by atoms with E-state index in [9.17, 15) is 41.5 Å². The van der Waals surface area contributed by atoms with Gasteiger partial charge in [0.25, 0.3) is 5.91 Å². The number of hydrogen-bond acceptors (Lipinski definition) is 13. The number of carbonyl (C=O) groups excluding carboxylic acids is 5. The predicted octanol–water partition coefficient (Wildman–Crippen LogP) is 3.13. The fraction of sp³-hybridized carbons (Fsp3) is 0.488. The number of amides is 5. The van der Waals surface area contributed by atoms with Crippen LogP contribution in [0.3, 0.4) is 0 Å². The molecule has 0 unspecified atom stereocenters. The fourth-order valence-electron chi connectivity index (χ4n) is 7.01. The molecule has 0 fully saturated rings. The molecule has 1 aliphatic rings. The third-order valence-corrected chi connectivity index (χ3v) is 10.4. The molecule has 0 bridgehead atoms. The molecule has 1 aliphatic heterocycles. The van der Waals surface area contributed by atoms with Crippen molar-refractivity contribution in [2.45, 2.75) is 76.3 Å². The van der Waals surface area contributed by atoms with Crippen molar-refractivity contribution in [2.75, 3.05) is 48.5 Å². The van der Waals surface area contributed by atoms with Gasteiger partial charge >= 0.3 is 12.2 Å². The quantitative estimate of drug-likeness (QED) is 0.208. The van der Waals surface area contributed by atoms with Gasteiger partial charge in [-0.3, -0.25) is 33.9 Å². The van der Waals surface area contributed by atoms with Gasteiger partial charge in [0, 0.05) is 63.9 Å². The van der Waals surface area contributed by atoms with E-state index in [-0.39, 0.29) is 65.8 Å². The normalized spacial score (nSPS) is 19.7. The van der Waals surface area contributed by atoms with E-state index in [0.717, 1.165) is 29.1 Å². The van der Waals surface area contributed by atoms with E-state index in [4.69, 9.17) is 18.7 Å². The van der Waals surface area contributed by atoms with Gasteiger partial charge in [-0.25, -0.2) is 4.39 Å². The number of halogens is 4. The standard InChI is InChI=1S/C41H49F4N9O9/c1-22(2)14-30-38(58)54(5)31(19-41(43,44)45)37(57)49-25(16-24-17-26(60-6)10-12-46-24)21-62-32-9-8-28-27(15-23(42)20-48-28)35(32)39(59)53(4)29(18-34(55)52(30)3)36(56)47-13-11-33-50-40(61-7)51-63-33/h8-10,12,15,17,20,22,25,29-31H,11,13-14,16,18-19,21H2,1-7H3,(H,47,56)(H,49,57)/t25-,29+,30+,31-/m1/s1. The molecule has 5 rings (SSSR count). The van der Waals surface area contributed by atoms with Crippen molar-refractivity contribution in [2.24, 2.45) is 5.92 Å². The van der Waals surface area contributed by atoms with Gasteiger partial charge in [-0.2, -0.15) is 18.2 Å². The highest BCUT2D eigenvalue weighted by molar-refractivity contribution is 6.10. The zero-order valence-electron chi connectivity index (χ0n) is 35.7. The first-order valence-corrected chi connectivity index (χ1v) is 19.8. The number of fused-ring (bicyclic) bond motifs is 3. The van der Waals surface area contributed by atoms with Gasteiger partial charge in [-0.15, -0.1) is 0 Å². The summed E-state index contributed by atoms with van der Waals surface area (Å²) in [6.45, 7) is 2.84. The van der Waals surface area contributed by atoms with Crippen LogP contribution in [0.4, 0.5) is 17.6 Å². The molecule has 22 heteroatoms. The molecule has 0 aliphatic carbocycles. The topological polar surface area (TPSA) is 212 Å². The van der Waals surface area contributed by atoms with Crippen LogP contribution in [0.5, 0.6) is 17.5 Å². The fourth-order valence-corrected chi connectivity index (χ4v) is 7.01. The number of nitrogens with zero attached hydrogens (tertiary/aromatic N) is 7. The lowest BCUT2D eigenvalue weighted by Crippen LogP contribution is -2.58. The Morgan fingerprint density at radius 1 is 1.00 bits per heavy atom. The van der Waals surface area contributed by atoms with Crippen molar-refractivity contribution < 1.29 is 60.3 Å². The molecule has 63 heavy (non-hydrogen) atoms. The van der Waals surface area contributed by atoms with Gasteiger partial charge in [0.05, 0.1) is 50.4 Å². The number of likely N-dealkylation sites (N-methyl/N-ethyl adjacent to an activating group) is 3. The van der Waals surface area contributed by atoms with E-state index >= 15 is 0 Å². The maximum absolute atomic E-state index is 14.9. The van der Waals surface area contributed by atoms with Crippen LogP contribution in [-0.2, 0) is 32.0 Å². The van der Waals surface area contributed by atoms with Crippen LogP contribution in [0.1, 0.15) is 55.1 Å². The summed E-state index contributed by atoms with van der Waals surface area (Å²) in [4.78, 5) is 86.6. The summed E-state index contributed by atoms with van der Waals surface area (Å²) in [6, 6.07) is 0.562. The zero-order chi connectivity index (χ0) is 46.2. The van der Waals surface area contributed by atoms with Crippen molar-refractivity contribution >= 4 is 40.4 Å². The number of methoxy groups -OCH3 is 2. The Hall–Kier alpha value is -6.61. The average molecular weight is 888 g/mol. The second kappa shape index (κ2) is 20.5.